The second-order valence-electron chi connectivity index (χ2n) is 3.63. The van der Waals surface area contributed by atoms with Crippen molar-refractivity contribution in [1.82, 2.24) is 4.90 Å². The summed E-state index contributed by atoms with van der Waals surface area (Å²) in [4.78, 5) is 2.12. The van der Waals surface area contributed by atoms with Gasteiger partial charge in [-0.3, -0.25) is 0 Å². The lowest BCUT2D eigenvalue weighted by Crippen LogP contribution is -2.21. The molecular weight excluding hydrogens is 270 g/mol. The van der Waals surface area contributed by atoms with Crippen LogP contribution in [0.3, 0.4) is 0 Å². The Morgan fingerprint density at radius 3 is 1.75 bits per heavy atom. The minimum atomic E-state index is -2.79. The van der Waals surface area contributed by atoms with E-state index in [0.717, 1.165) is 25.9 Å². The Labute approximate surface area is 129 Å². The summed E-state index contributed by atoms with van der Waals surface area (Å²) in [5.41, 5.74) is 0. The fraction of sp³-hybridized carbons (Fsp3) is 0.875. The molecule has 0 aliphatic carbocycles. The van der Waals surface area contributed by atoms with Crippen molar-refractivity contribution < 1.29 is 8.42 Å². The van der Waals surface area contributed by atoms with Crippen molar-refractivity contribution in [3.63, 3.8) is 0 Å². The molecule has 0 rings (SSSR count). The molecule has 0 bridgehead atoms. The van der Waals surface area contributed by atoms with E-state index in [1.54, 1.807) is 0 Å². The van der Waals surface area contributed by atoms with Crippen molar-refractivity contribution >= 4 is 9.84 Å². The fourth-order valence-electron chi connectivity index (χ4n) is 1.11. The van der Waals surface area contributed by atoms with Gasteiger partial charge in [-0.2, -0.15) is 0 Å². The van der Waals surface area contributed by atoms with Gasteiger partial charge in [-0.15, -0.1) is 0 Å². The zero-order chi connectivity index (χ0) is 17.0. The van der Waals surface area contributed by atoms with Gasteiger partial charge in [0.15, 0.2) is 0 Å². The van der Waals surface area contributed by atoms with E-state index in [1.165, 1.54) is 6.26 Å². The first-order chi connectivity index (χ1) is 9.45. The van der Waals surface area contributed by atoms with Gasteiger partial charge < -0.3 is 4.90 Å². The molecular formula is C16H39NO2S. The first-order valence-electron chi connectivity index (χ1n) is 7.97. The first kappa shape index (κ1) is 27.9. The number of hydrogen-bond acceptors (Lipinski definition) is 3. The Morgan fingerprint density at radius 2 is 1.40 bits per heavy atom. The number of sulfone groups is 1. The van der Waals surface area contributed by atoms with E-state index in [2.05, 4.69) is 24.0 Å². The maximum atomic E-state index is 10.8. The third-order valence-corrected chi connectivity index (χ3v) is 2.90. The smallest absolute Gasteiger partial charge is 0.147 e. The summed E-state index contributed by atoms with van der Waals surface area (Å²) in [6.07, 6.45) is 7.28. The fourth-order valence-corrected chi connectivity index (χ4v) is 1.76. The Balaban J connectivity index is -0.000000187. The van der Waals surface area contributed by atoms with Crippen molar-refractivity contribution in [2.45, 2.75) is 61.3 Å². The Morgan fingerprint density at radius 1 is 0.950 bits per heavy atom. The van der Waals surface area contributed by atoms with Crippen LogP contribution in [0, 0.1) is 0 Å². The van der Waals surface area contributed by atoms with E-state index in [-0.39, 0.29) is 5.75 Å². The van der Waals surface area contributed by atoms with Gasteiger partial charge in [0, 0.05) is 12.8 Å². The van der Waals surface area contributed by atoms with Crippen LogP contribution in [0.2, 0.25) is 0 Å². The second kappa shape index (κ2) is 23.7. The Bertz CT molecular complexity index is 260. The van der Waals surface area contributed by atoms with E-state index in [0.29, 0.717) is 0 Å². The maximum absolute atomic E-state index is 10.8. The molecule has 0 fully saturated rings. The molecule has 126 valence electrons. The van der Waals surface area contributed by atoms with Gasteiger partial charge >= 0.3 is 0 Å². The molecule has 3 nitrogen and oxygen atoms in total. The van der Waals surface area contributed by atoms with Crippen LogP contribution in [0.25, 0.3) is 0 Å². The zero-order valence-electron chi connectivity index (χ0n) is 15.4. The molecule has 0 aliphatic heterocycles. The molecule has 0 atom stereocenters. The predicted octanol–water partition coefficient (Wildman–Crippen LogP) is 4.40. The van der Waals surface area contributed by atoms with Gasteiger partial charge in [0.25, 0.3) is 0 Å². The van der Waals surface area contributed by atoms with Gasteiger partial charge in [-0.1, -0.05) is 60.6 Å². The van der Waals surface area contributed by atoms with Gasteiger partial charge in [0.2, 0.25) is 0 Å². The molecule has 0 aromatic carbocycles. The van der Waals surface area contributed by atoms with Crippen LogP contribution >= 0.6 is 0 Å². The van der Waals surface area contributed by atoms with Gasteiger partial charge in [0.05, 0.1) is 5.75 Å². The van der Waals surface area contributed by atoms with Crippen LogP contribution in [0.15, 0.2) is 12.2 Å². The van der Waals surface area contributed by atoms with Crippen LogP contribution < -0.4 is 0 Å². The molecule has 0 spiro atoms. The third-order valence-electron chi connectivity index (χ3n) is 1.87. The van der Waals surface area contributed by atoms with Crippen LogP contribution in [0.5, 0.6) is 0 Å². The van der Waals surface area contributed by atoms with Gasteiger partial charge in [-0.25, -0.2) is 8.42 Å². The molecule has 0 N–H and O–H groups in total. The molecule has 4 heteroatoms. The number of rotatable bonds is 7. The first-order valence-corrected chi connectivity index (χ1v) is 10.0. The van der Waals surface area contributed by atoms with Crippen LogP contribution in [-0.2, 0) is 9.84 Å². The van der Waals surface area contributed by atoms with Crippen molar-refractivity contribution in [2.75, 3.05) is 32.1 Å². The summed E-state index contributed by atoms with van der Waals surface area (Å²) in [7, 11) is -0.787. The zero-order valence-corrected chi connectivity index (χ0v) is 16.2. The Hall–Kier alpha value is -0.350. The van der Waals surface area contributed by atoms with Crippen LogP contribution in [0.1, 0.15) is 61.3 Å². The van der Waals surface area contributed by atoms with Crippen molar-refractivity contribution in [3.8, 4) is 0 Å². The highest BCUT2D eigenvalue weighted by Gasteiger charge is 2.02. The number of hydrogen-bond donors (Lipinski definition) is 0. The summed E-state index contributed by atoms with van der Waals surface area (Å²) in [6, 6.07) is 0. The lowest BCUT2D eigenvalue weighted by atomic mass is 10.4. The average molecular weight is 310 g/mol. The average Bonchev–Trinajstić information content (AvgIpc) is 2.44. The molecule has 0 unspecified atom stereocenters. The predicted molar refractivity (Wildman–Crippen MR) is 95.3 cm³/mol. The summed E-state index contributed by atoms with van der Waals surface area (Å²) < 4.78 is 21.7. The standard InChI is InChI=1S/C10H21NO2S.3C2H6/c1-4-5-6-8-11(2)9-7-10-14(3,12)13;3*1-2/h5-6H,4,7-10H2,1-3H3;3*1-2H3/b6-5+;;;. The Kier molecular flexibility index (Phi) is 33.1. The second-order valence-corrected chi connectivity index (χ2v) is 5.89. The minimum Gasteiger partial charge on any atom is -0.303 e. The highest BCUT2D eigenvalue weighted by Crippen LogP contribution is 1.93. The van der Waals surface area contributed by atoms with E-state index in [9.17, 15) is 8.42 Å². The molecule has 0 saturated heterocycles. The number of allylic oxidation sites excluding steroid dienone is 1. The third kappa shape index (κ3) is 36.1. The molecule has 0 radical (unpaired) electrons. The highest BCUT2D eigenvalue weighted by molar-refractivity contribution is 7.90. The lowest BCUT2D eigenvalue weighted by Gasteiger charge is -2.13. The molecule has 0 aromatic rings. The monoisotopic (exact) mass is 309 g/mol. The summed E-state index contributed by atoms with van der Waals surface area (Å²) in [5.74, 6) is 0.287. The molecule has 0 saturated carbocycles. The minimum absolute atomic E-state index is 0.287. The van der Waals surface area contributed by atoms with E-state index in [1.807, 2.05) is 48.6 Å². The quantitative estimate of drug-likeness (QED) is 0.654. The van der Waals surface area contributed by atoms with E-state index in [4.69, 9.17) is 0 Å². The molecule has 0 aliphatic rings. The molecule has 20 heavy (non-hydrogen) atoms. The number of likely N-dealkylation sites (N-methyl/N-ethyl adjacent to an activating group) is 1. The lowest BCUT2D eigenvalue weighted by molar-refractivity contribution is 0.370. The largest absolute Gasteiger partial charge is 0.303 e. The summed E-state index contributed by atoms with van der Waals surface area (Å²) in [5, 5.41) is 0. The van der Waals surface area contributed by atoms with Gasteiger partial charge in [-0.05, 0) is 26.4 Å². The van der Waals surface area contributed by atoms with Gasteiger partial charge in [0.1, 0.15) is 9.84 Å². The van der Waals surface area contributed by atoms with Crippen LogP contribution in [-0.4, -0.2) is 45.5 Å². The summed E-state index contributed by atoms with van der Waals surface area (Å²) >= 11 is 0. The SMILES string of the molecule is CC.CC.CC.CC/C=C/CN(C)CCCS(C)(=O)=O. The number of nitrogens with zero attached hydrogens (tertiary/aromatic N) is 1. The van der Waals surface area contributed by atoms with E-state index < -0.39 is 9.84 Å². The topological polar surface area (TPSA) is 37.4 Å². The highest BCUT2D eigenvalue weighted by atomic mass is 32.2. The normalized spacial score (nSPS) is 9.90. The van der Waals surface area contributed by atoms with Crippen molar-refractivity contribution in [2.24, 2.45) is 0 Å². The molecule has 0 heterocycles. The van der Waals surface area contributed by atoms with E-state index >= 15 is 0 Å². The van der Waals surface area contributed by atoms with Crippen molar-refractivity contribution in [3.05, 3.63) is 12.2 Å². The van der Waals surface area contributed by atoms with Crippen molar-refractivity contribution in [1.29, 1.82) is 0 Å². The summed E-state index contributed by atoms with van der Waals surface area (Å²) in [6.45, 7) is 15.8. The maximum Gasteiger partial charge on any atom is 0.147 e. The van der Waals surface area contributed by atoms with Crippen LogP contribution in [0.4, 0.5) is 0 Å². The molecule has 0 amide bonds. The molecule has 0 aromatic heterocycles.